The number of ether oxygens (including phenoxy) is 1. The number of aryl methyl sites for hydroxylation is 1. The minimum Gasteiger partial charge on any atom is -0.437 e. The highest BCUT2D eigenvalue weighted by atomic mass is 16.5. The average molecular weight is 397 g/mol. The summed E-state index contributed by atoms with van der Waals surface area (Å²) in [4.78, 5) is 15.2. The van der Waals surface area contributed by atoms with Crippen LogP contribution in [0.5, 0.6) is 11.6 Å². The Morgan fingerprint density at radius 1 is 0.833 bits per heavy atom. The lowest BCUT2D eigenvalue weighted by Gasteiger charge is -2.24. The molecule has 0 unspecified atom stereocenters. The van der Waals surface area contributed by atoms with Gasteiger partial charge in [0.1, 0.15) is 23.6 Å². The van der Waals surface area contributed by atoms with Crippen molar-refractivity contribution in [2.45, 2.75) is 19.9 Å². The van der Waals surface area contributed by atoms with E-state index in [1.165, 1.54) is 11.9 Å². The molecule has 0 radical (unpaired) electrons. The second-order valence-electron chi connectivity index (χ2n) is 6.78. The summed E-state index contributed by atoms with van der Waals surface area (Å²) in [6.45, 7) is 2.67. The first-order valence-corrected chi connectivity index (χ1v) is 9.84. The Balaban J connectivity index is 1.69. The summed E-state index contributed by atoms with van der Waals surface area (Å²) in [7, 11) is 0. The van der Waals surface area contributed by atoms with Crippen molar-refractivity contribution in [2.24, 2.45) is 0 Å². The van der Waals surface area contributed by atoms with Gasteiger partial charge in [0.2, 0.25) is 5.88 Å². The molecule has 0 amide bonds. The first kappa shape index (κ1) is 19.4. The van der Waals surface area contributed by atoms with E-state index in [1.807, 2.05) is 65.6 Å². The Labute approximate surface area is 176 Å². The first-order valence-electron chi connectivity index (χ1n) is 9.84. The molecule has 0 aliphatic carbocycles. The average Bonchev–Trinajstić information content (AvgIpc) is 2.81. The van der Waals surface area contributed by atoms with E-state index in [-0.39, 0.29) is 0 Å². The molecule has 0 fully saturated rings. The maximum atomic E-state index is 6.46. The molecule has 0 saturated carbocycles. The molecule has 2 N–H and O–H groups in total. The fraction of sp³-hybridized carbons (Fsp3) is 0.125. The maximum Gasteiger partial charge on any atom is 0.248 e. The van der Waals surface area contributed by atoms with E-state index in [0.29, 0.717) is 29.7 Å². The van der Waals surface area contributed by atoms with Crippen LogP contribution in [-0.2, 0) is 13.0 Å². The fourth-order valence-corrected chi connectivity index (χ4v) is 3.12. The van der Waals surface area contributed by atoms with Crippen molar-refractivity contribution >= 4 is 17.3 Å². The number of rotatable bonds is 7. The van der Waals surface area contributed by atoms with E-state index in [1.54, 1.807) is 6.20 Å². The van der Waals surface area contributed by atoms with Gasteiger partial charge in [-0.15, -0.1) is 0 Å². The van der Waals surface area contributed by atoms with Crippen LogP contribution in [0.3, 0.4) is 0 Å². The van der Waals surface area contributed by atoms with Gasteiger partial charge in [-0.25, -0.2) is 9.97 Å². The number of benzene rings is 2. The van der Waals surface area contributed by atoms with Gasteiger partial charge < -0.3 is 15.4 Å². The molecule has 4 rings (SSSR count). The number of nitrogen functional groups attached to an aromatic ring is 1. The zero-order valence-electron chi connectivity index (χ0n) is 16.8. The van der Waals surface area contributed by atoms with Crippen molar-refractivity contribution in [3.05, 3.63) is 96.4 Å². The summed E-state index contributed by atoms with van der Waals surface area (Å²) >= 11 is 0. The monoisotopic (exact) mass is 397 g/mol. The SMILES string of the molecule is CCc1ccc(Oc2ncnc(N(Cc3ccccc3)c3ccccn3)c2N)cc1. The minimum atomic E-state index is 0.318. The normalized spacial score (nSPS) is 10.6. The van der Waals surface area contributed by atoms with E-state index in [0.717, 1.165) is 17.8 Å². The second-order valence-corrected chi connectivity index (χ2v) is 6.78. The van der Waals surface area contributed by atoms with Crippen LogP contribution in [0.25, 0.3) is 0 Å². The van der Waals surface area contributed by atoms with Crippen molar-refractivity contribution in [2.75, 3.05) is 10.6 Å². The highest BCUT2D eigenvalue weighted by Crippen LogP contribution is 2.35. The van der Waals surface area contributed by atoms with Gasteiger partial charge in [-0.05, 0) is 41.8 Å². The van der Waals surface area contributed by atoms with Crippen molar-refractivity contribution in [3.63, 3.8) is 0 Å². The van der Waals surface area contributed by atoms with E-state index in [4.69, 9.17) is 10.5 Å². The third-order valence-electron chi connectivity index (χ3n) is 4.74. The van der Waals surface area contributed by atoms with Gasteiger partial charge in [0.15, 0.2) is 5.82 Å². The molecule has 30 heavy (non-hydrogen) atoms. The topological polar surface area (TPSA) is 77.2 Å². The molecule has 2 aromatic heterocycles. The van der Waals surface area contributed by atoms with Crippen molar-refractivity contribution < 1.29 is 4.74 Å². The molecule has 0 aliphatic heterocycles. The van der Waals surface area contributed by atoms with E-state index in [2.05, 4.69) is 34.0 Å². The van der Waals surface area contributed by atoms with Gasteiger partial charge >= 0.3 is 0 Å². The van der Waals surface area contributed by atoms with Gasteiger partial charge in [0, 0.05) is 6.20 Å². The first-order chi connectivity index (χ1) is 14.7. The lowest BCUT2D eigenvalue weighted by Crippen LogP contribution is -2.20. The van der Waals surface area contributed by atoms with Crippen LogP contribution in [0.2, 0.25) is 0 Å². The molecular weight excluding hydrogens is 374 g/mol. The number of pyridine rings is 1. The van der Waals surface area contributed by atoms with Crippen LogP contribution in [0.15, 0.2) is 85.3 Å². The number of aromatic nitrogens is 3. The van der Waals surface area contributed by atoms with Crippen molar-refractivity contribution in [1.29, 1.82) is 0 Å². The highest BCUT2D eigenvalue weighted by Gasteiger charge is 2.19. The quantitative estimate of drug-likeness (QED) is 0.465. The van der Waals surface area contributed by atoms with Crippen LogP contribution in [0, 0.1) is 0 Å². The summed E-state index contributed by atoms with van der Waals surface area (Å²) in [5.41, 5.74) is 9.17. The molecule has 0 bridgehead atoms. The molecule has 0 spiro atoms. The van der Waals surface area contributed by atoms with Gasteiger partial charge in [0.05, 0.1) is 6.54 Å². The van der Waals surface area contributed by atoms with Crippen molar-refractivity contribution in [3.8, 4) is 11.6 Å². The van der Waals surface area contributed by atoms with Gasteiger partial charge in [-0.1, -0.05) is 55.5 Å². The van der Waals surface area contributed by atoms with Crippen LogP contribution in [0.4, 0.5) is 17.3 Å². The predicted octanol–water partition coefficient (Wildman–Crippen LogP) is 5.15. The molecule has 6 heteroatoms. The van der Waals surface area contributed by atoms with E-state index in [9.17, 15) is 0 Å². The van der Waals surface area contributed by atoms with Gasteiger partial charge in [-0.2, -0.15) is 4.98 Å². The minimum absolute atomic E-state index is 0.318. The van der Waals surface area contributed by atoms with Gasteiger partial charge in [-0.3, -0.25) is 0 Å². The summed E-state index contributed by atoms with van der Waals surface area (Å²) in [5.74, 6) is 2.28. The number of hydrogen-bond acceptors (Lipinski definition) is 6. The van der Waals surface area contributed by atoms with Crippen LogP contribution in [-0.4, -0.2) is 15.0 Å². The zero-order valence-corrected chi connectivity index (χ0v) is 16.8. The summed E-state index contributed by atoms with van der Waals surface area (Å²) in [5, 5.41) is 0. The van der Waals surface area contributed by atoms with E-state index >= 15 is 0 Å². The molecule has 0 atom stereocenters. The molecular formula is C24H23N5O. The summed E-state index contributed by atoms with van der Waals surface area (Å²) in [6, 6.07) is 23.7. The molecule has 2 heterocycles. The lowest BCUT2D eigenvalue weighted by atomic mass is 10.2. The van der Waals surface area contributed by atoms with Crippen LogP contribution in [0.1, 0.15) is 18.1 Å². The molecule has 0 aliphatic rings. The molecule has 0 saturated heterocycles. The van der Waals surface area contributed by atoms with Gasteiger partial charge in [0.25, 0.3) is 0 Å². The Kier molecular flexibility index (Phi) is 5.85. The van der Waals surface area contributed by atoms with Crippen LogP contribution < -0.4 is 15.4 Å². The Bertz CT molecular complexity index is 1090. The summed E-state index contributed by atoms with van der Waals surface area (Å²) < 4.78 is 5.96. The second kappa shape index (κ2) is 9.05. The molecule has 150 valence electrons. The van der Waals surface area contributed by atoms with Crippen LogP contribution >= 0.6 is 0 Å². The number of nitrogens with two attached hydrogens (primary N) is 1. The summed E-state index contributed by atoms with van der Waals surface area (Å²) in [6.07, 6.45) is 4.18. The highest BCUT2D eigenvalue weighted by molar-refractivity contribution is 5.73. The Hall–Kier alpha value is -3.93. The standard InChI is InChI=1S/C24H23N5O/c1-2-18-11-13-20(14-12-18)30-24-22(25)23(27-17-28-24)29(21-10-6-7-15-26-21)16-19-8-4-3-5-9-19/h3-15,17H,2,16,25H2,1H3. The number of anilines is 3. The Morgan fingerprint density at radius 2 is 1.60 bits per heavy atom. The molecule has 6 nitrogen and oxygen atoms in total. The lowest BCUT2D eigenvalue weighted by molar-refractivity contribution is 0.464. The largest absolute Gasteiger partial charge is 0.437 e. The van der Waals surface area contributed by atoms with E-state index < -0.39 is 0 Å². The van der Waals surface area contributed by atoms with Crippen molar-refractivity contribution in [1.82, 2.24) is 15.0 Å². The maximum absolute atomic E-state index is 6.46. The zero-order chi connectivity index (χ0) is 20.8. The molecule has 2 aromatic carbocycles. The number of nitrogens with zero attached hydrogens (tertiary/aromatic N) is 4. The predicted molar refractivity (Wildman–Crippen MR) is 119 cm³/mol. The molecule has 4 aromatic rings. The third kappa shape index (κ3) is 4.38. The smallest absolute Gasteiger partial charge is 0.248 e. The fourth-order valence-electron chi connectivity index (χ4n) is 3.12. The Morgan fingerprint density at radius 3 is 2.30 bits per heavy atom. The third-order valence-corrected chi connectivity index (χ3v) is 4.74. The number of hydrogen-bond donors (Lipinski definition) is 1.